The first-order valence-electron chi connectivity index (χ1n) is 5.94. The molecular formula is C12H18N4O3. The van der Waals surface area contributed by atoms with Crippen LogP contribution in [0, 0.1) is 10.1 Å². The van der Waals surface area contributed by atoms with Gasteiger partial charge in [-0.05, 0) is 26.8 Å². The highest BCUT2D eigenvalue weighted by atomic mass is 16.6. The molecule has 0 saturated carbocycles. The van der Waals surface area contributed by atoms with Crippen LogP contribution in [0.15, 0.2) is 18.3 Å². The smallest absolute Gasteiger partial charge is 0.311 e. The van der Waals surface area contributed by atoms with Gasteiger partial charge in [-0.3, -0.25) is 14.9 Å². The molecule has 104 valence electrons. The van der Waals surface area contributed by atoms with E-state index in [2.05, 4.69) is 15.6 Å². The largest absolute Gasteiger partial charge is 0.364 e. The van der Waals surface area contributed by atoms with Crippen LogP contribution in [0.25, 0.3) is 0 Å². The summed E-state index contributed by atoms with van der Waals surface area (Å²) in [7, 11) is 0. The van der Waals surface area contributed by atoms with Crippen molar-refractivity contribution in [3.05, 3.63) is 28.4 Å². The monoisotopic (exact) mass is 266 g/mol. The molecule has 0 saturated heterocycles. The predicted octanol–water partition coefficient (Wildman–Crippen LogP) is 1.71. The van der Waals surface area contributed by atoms with Gasteiger partial charge in [0.05, 0.1) is 4.92 Å². The Labute approximate surface area is 111 Å². The molecule has 7 heteroatoms. The fourth-order valence-electron chi connectivity index (χ4n) is 1.46. The highest BCUT2D eigenvalue weighted by molar-refractivity contribution is 5.77. The van der Waals surface area contributed by atoms with Crippen molar-refractivity contribution < 1.29 is 9.72 Å². The van der Waals surface area contributed by atoms with Gasteiger partial charge >= 0.3 is 5.69 Å². The molecule has 1 amide bonds. The third kappa shape index (κ3) is 5.33. The topological polar surface area (TPSA) is 97.2 Å². The molecule has 0 unspecified atom stereocenters. The van der Waals surface area contributed by atoms with Crippen LogP contribution in [0.2, 0.25) is 0 Å². The van der Waals surface area contributed by atoms with E-state index in [9.17, 15) is 14.9 Å². The van der Waals surface area contributed by atoms with E-state index in [1.54, 1.807) is 0 Å². The van der Waals surface area contributed by atoms with Crippen molar-refractivity contribution in [3.8, 4) is 0 Å². The Bertz CT molecular complexity index is 468. The van der Waals surface area contributed by atoms with Crippen LogP contribution < -0.4 is 10.6 Å². The second-order valence-corrected chi connectivity index (χ2v) is 5.10. The van der Waals surface area contributed by atoms with Gasteiger partial charge < -0.3 is 10.6 Å². The van der Waals surface area contributed by atoms with Crippen LogP contribution >= 0.6 is 0 Å². The summed E-state index contributed by atoms with van der Waals surface area (Å²) >= 11 is 0. The van der Waals surface area contributed by atoms with Crippen molar-refractivity contribution in [2.24, 2.45) is 0 Å². The van der Waals surface area contributed by atoms with E-state index in [1.807, 2.05) is 20.8 Å². The summed E-state index contributed by atoms with van der Waals surface area (Å²) in [6.45, 7) is 5.96. The first kappa shape index (κ1) is 14.9. The van der Waals surface area contributed by atoms with Crippen molar-refractivity contribution in [1.29, 1.82) is 0 Å². The van der Waals surface area contributed by atoms with Crippen LogP contribution in [-0.4, -0.2) is 27.9 Å². The molecule has 7 nitrogen and oxygen atoms in total. The van der Waals surface area contributed by atoms with Crippen LogP contribution in [0.3, 0.4) is 0 Å². The molecule has 1 rings (SSSR count). The lowest BCUT2D eigenvalue weighted by atomic mass is 10.1. The van der Waals surface area contributed by atoms with Gasteiger partial charge in [-0.15, -0.1) is 0 Å². The average molecular weight is 266 g/mol. The SMILES string of the molecule is CC(C)(C)NC(=O)CCNc1ncccc1[N+](=O)[O-]. The number of carbonyl (C=O) groups is 1. The van der Waals surface area contributed by atoms with E-state index in [0.29, 0.717) is 6.54 Å². The van der Waals surface area contributed by atoms with Crippen LogP contribution in [0.4, 0.5) is 11.5 Å². The van der Waals surface area contributed by atoms with E-state index < -0.39 is 4.92 Å². The van der Waals surface area contributed by atoms with Gasteiger partial charge in [-0.1, -0.05) is 0 Å². The Kier molecular flexibility index (Phi) is 4.80. The van der Waals surface area contributed by atoms with Crippen molar-refractivity contribution in [1.82, 2.24) is 10.3 Å². The average Bonchev–Trinajstić information content (AvgIpc) is 2.27. The number of pyridine rings is 1. The second-order valence-electron chi connectivity index (χ2n) is 5.10. The molecule has 0 aliphatic carbocycles. The van der Waals surface area contributed by atoms with E-state index >= 15 is 0 Å². The highest BCUT2D eigenvalue weighted by Gasteiger charge is 2.15. The maximum absolute atomic E-state index is 11.6. The van der Waals surface area contributed by atoms with E-state index in [4.69, 9.17) is 0 Å². The number of anilines is 1. The van der Waals surface area contributed by atoms with Gasteiger partial charge in [-0.25, -0.2) is 4.98 Å². The van der Waals surface area contributed by atoms with E-state index in [0.717, 1.165) is 0 Å². The zero-order chi connectivity index (χ0) is 14.5. The molecule has 0 atom stereocenters. The molecule has 0 bridgehead atoms. The fourth-order valence-corrected chi connectivity index (χ4v) is 1.46. The molecule has 19 heavy (non-hydrogen) atoms. The Balaban J connectivity index is 2.50. The Morgan fingerprint density at radius 2 is 2.16 bits per heavy atom. The first-order chi connectivity index (χ1) is 8.79. The van der Waals surface area contributed by atoms with Gasteiger partial charge in [0.2, 0.25) is 11.7 Å². The van der Waals surface area contributed by atoms with Gasteiger partial charge in [0, 0.05) is 30.8 Å². The number of aromatic nitrogens is 1. The molecule has 1 heterocycles. The molecule has 0 aliphatic rings. The lowest BCUT2D eigenvalue weighted by molar-refractivity contribution is -0.384. The maximum atomic E-state index is 11.6. The lowest BCUT2D eigenvalue weighted by Crippen LogP contribution is -2.41. The summed E-state index contributed by atoms with van der Waals surface area (Å²) in [6.07, 6.45) is 1.69. The zero-order valence-electron chi connectivity index (χ0n) is 11.3. The van der Waals surface area contributed by atoms with Gasteiger partial charge in [0.15, 0.2) is 0 Å². The maximum Gasteiger partial charge on any atom is 0.311 e. The summed E-state index contributed by atoms with van der Waals surface area (Å²) in [5.41, 5.74) is -0.382. The normalized spacial score (nSPS) is 10.9. The number of nitrogens with one attached hydrogen (secondary N) is 2. The summed E-state index contributed by atoms with van der Waals surface area (Å²) in [6, 6.07) is 2.86. The molecule has 0 aliphatic heterocycles. The minimum Gasteiger partial charge on any atom is -0.364 e. The van der Waals surface area contributed by atoms with Crippen LogP contribution in [-0.2, 0) is 4.79 Å². The van der Waals surface area contributed by atoms with Crippen LogP contribution in [0.1, 0.15) is 27.2 Å². The molecule has 1 aromatic heterocycles. The standard InChI is InChI=1S/C12H18N4O3/c1-12(2,3)15-10(17)6-8-14-11-9(16(18)19)5-4-7-13-11/h4-5,7H,6,8H2,1-3H3,(H,13,14)(H,15,17). The van der Waals surface area contributed by atoms with Crippen molar-refractivity contribution >= 4 is 17.4 Å². The second kappa shape index (κ2) is 6.12. The zero-order valence-corrected chi connectivity index (χ0v) is 11.3. The molecule has 0 spiro atoms. The number of nitrogens with zero attached hydrogens (tertiary/aromatic N) is 2. The van der Waals surface area contributed by atoms with Crippen molar-refractivity contribution in [2.45, 2.75) is 32.7 Å². The summed E-state index contributed by atoms with van der Waals surface area (Å²) in [5.74, 6) is 0.0645. The first-order valence-corrected chi connectivity index (χ1v) is 5.94. The lowest BCUT2D eigenvalue weighted by Gasteiger charge is -2.20. The number of carbonyl (C=O) groups excluding carboxylic acids is 1. The number of nitro groups is 1. The Morgan fingerprint density at radius 3 is 2.74 bits per heavy atom. The van der Waals surface area contributed by atoms with E-state index in [1.165, 1.54) is 18.3 Å². The van der Waals surface area contributed by atoms with Crippen molar-refractivity contribution in [3.63, 3.8) is 0 Å². The molecule has 1 aromatic rings. The highest BCUT2D eigenvalue weighted by Crippen LogP contribution is 2.19. The van der Waals surface area contributed by atoms with Gasteiger partial charge in [-0.2, -0.15) is 0 Å². The minimum atomic E-state index is -0.509. The summed E-state index contributed by atoms with van der Waals surface area (Å²) in [4.78, 5) is 25.7. The molecule has 0 fully saturated rings. The third-order valence-electron chi connectivity index (χ3n) is 2.14. The third-order valence-corrected chi connectivity index (χ3v) is 2.14. The number of hydrogen-bond donors (Lipinski definition) is 2. The van der Waals surface area contributed by atoms with Gasteiger partial charge in [0.25, 0.3) is 0 Å². The quantitative estimate of drug-likeness (QED) is 0.624. The summed E-state index contributed by atoms with van der Waals surface area (Å²) < 4.78 is 0. The predicted molar refractivity (Wildman–Crippen MR) is 71.9 cm³/mol. The van der Waals surface area contributed by atoms with Crippen molar-refractivity contribution in [2.75, 3.05) is 11.9 Å². The number of hydrogen-bond acceptors (Lipinski definition) is 5. The van der Waals surface area contributed by atoms with Gasteiger partial charge in [0.1, 0.15) is 0 Å². The number of rotatable bonds is 5. The molecule has 2 N–H and O–H groups in total. The molecular weight excluding hydrogens is 248 g/mol. The Hall–Kier alpha value is -2.18. The Morgan fingerprint density at radius 1 is 1.47 bits per heavy atom. The molecule has 0 aromatic carbocycles. The summed E-state index contributed by atoms with van der Waals surface area (Å²) in [5, 5.41) is 16.4. The van der Waals surface area contributed by atoms with Crippen LogP contribution in [0.5, 0.6) is 0 Å². The number of amides is 1. The molecule has 0 radical (unpaired) electrons. The van der Waals surface area contributed by atoms with E-state index in [-0.39, 0.29) is 29.4 Å². The fraction of sp³-hybridized carbons (Fsp3) is 0.500. The minimum absolute atomic E-state index is 0.0984.